The van der Waals surface area contributed by atoms with Crippen LogP contribution in [0.25, 0.3) is 0 Å². The minimum atomic E-state index is 0.547. The number of nitrogens with two attached hydrogens (primary N) is 1. The lowest BCUT2D eigenvalue weighted by Crippen LogP contribution is -2.50. The number of piperazine rings is 1. The molecule has 88 valence electrons. The molecule has 5 nitrogen and oxygen atoms in total. The van der Waals surface area contributed by atoms with E-state index in [1.54, 1.807) is 0 Å². The summed E-state index contributed by atoms with van der Waals surface area (Å²) in [6.45, 7) is 7.15. The normalized spacial score (nSPS) is 22.4. The Balaban J connectivity index is 2.18. The van der Waals surface area contributed by atoms with E-state index in [0.29, 0.717) is 11.9 Å². The molecule has 5 heteroatoms. The molecule has 1 atom stereocenters. The predicted molar refractivity (Wildman–Crippen MR) is 65.5 cm³/mol. The van der Waals surface area contributed by atoms with Crippen molar-refractivity contribution in [1.29, 1.82) is 0 Å². The van der Waals surface area contributed by atoms with Crippen molar-refractivity contribution < 1.29 is 0 Å². The van der Waals surface area contributed by atoms with Gasteiger partial charge in [0.1, 0.15) is 17.5 Å². The topological polar surface area (TPSA) is 58.3 Å². The van der Waals surface area contributed by atoms with Crippen molar-refractivity contribution in [2.75, 3.05) is 37.3 Å². The Hall–Kier alpha value is -1.36. The predicted octanol–water partition coefficient (Wildman–Crippen LogP) is 0.508. The molecular weight excluding hydrogens is 202 g/mol. The lowest BCUT2D eigenvalue weighted by Gasteiger charge is -2.38. The van der Waals surface area contributed by atoms with Crippen LogP contribution in [-0.4, -0.2) is 47.6 Å². The molecule has 0 amide bonds. The van der Waals surface area contributed by atoms with Gasteiger partial charge < -0.3 is 15.5 Å². The largest absolute Gasteiger partial charge is 0.384 e. The molecule has 2 heterocycles. The van der Waals surface area contributed by atoms with Crippen molar-refractivity contribution in [3.05, 3.63) is 11.9 Å². The summed E-state index contributed by atoms with van der Waals surface area (Å²) in [5.74, 6) is 2.24. The first-order valence-corrected chi connectivity index (χ1v) is 5.62. The quantitative estimate of drug-likeness (QED) is 0.748. The van der Waals surface area contributed by atoms with Gasteiger partial charge in [0.25, 0.3) is 0 Å². The maximum absolute atomic E-state index is 5.74. The molecule has 1 aliphatic rings. The van der Waals surface area contributed by atoms with Gasteiger partial charge in [-0.3, -0.25) is 0 Å². The van der Waals surface area contributed by atoms with E-state index >= 15 is 0 Å². The fourth-order valence-corrected chi connectivity index (χ4v) is 1.99. The van der Waals surface area contributed by atoms with Gasteiger partial charge in [-0.15, -0.1) is 0 Å². The third kappa shape index (κ3) is 2.24. The van der Waals surface area contributed by atoms with Crippen molar-refractivity contribution in [1.82, 2.24) is 14.9 Å². The van der Waals surface area contributed by atoms with Crippen LogP contribution in [0.2, 0.25) is 0 Å². The number of likely N-dealkylation sites (N-methyl/N-ethyl adjacent to an activating group) is 1. The van der Waals surface area contributed by atoms with Crippen LogP contribution in [0.5, 0.6) is 0 Å². The number of hydrogen-bond donors (Lipinski definition) is 1. The Labute approximate surface area is 96.3 Å². The van der Waals surface area contributed by atoms with E-state index in [4.69, 9.17) is 5.73 Å². The Kier molecular flexibility index (Phi) is 2.96. The van der Waals surface area contributed by atoms with Gasteiger partial charge in [0.15, 0.2) is 0 Å². The summed E-state index contributed by atoms with van der Waals surface area (Å²) in [7, 11) is 2.15. The fraction of sp³-hybridized carbons (Fsp3) is 0.636. The first kappa shape index (κ1) is 11.1. The summed E-state index contributed by atoms with van der Waals surface area (Å²) < 4.78 is 0. The maximum Gasteiger partial charge on any atom is 0.134 e. The molecule has 1 aromatic heterocycles. The number of anilines is 2. The highest BCUT2D eigenvalue weighted by Crippen LogP contribution is 2.17. The summed E-state index contributed by atoms with van der Waals surface area (Å²) in [6, 6.07) is 2.40. The molecule has 1 fully saturated rings. The molecule has 2 rings (SSSR count). The van der Waals surface area contributed by atoms with E-state index in [1.807, 2.05) is 13.0 Å². The molecule has 1 aliphatic heterocycles. The molecule has 0 saturated carbocycles. The summed E-state index contributed by atoms with van der Waals surface area (Å²) in [5, 5.41) is 0. The second-order valence-corrected chi connectivity index (χ2v) is 4.47. The zero-order valence-electron chi connectivity index (χ0n) is 10.1. The zero-order valence-corrected chi connectivity index (χ0v) is 10.1. The zero-order chi connectivity index (χ0) is 11.7. The van der Waals surface area contributed by atoms with Crippen molar-refractivity contribution in [3.63, 3.8) is 0 Å². The van der Waals surface area contributed by atoms with Gasteiger partial charge in [-0.05, 0) is 20.9 Å². The van der Waals surface area contributed by atoms with Gasteiger partial charge in [0, 0.05) is 31.7 Å². The van der Waals surface area contributed by atoms with E-state index in [2.05, 4.69) is 33.7 Å². The minimum Gasteiger partial charge on any atom is -0.384 e. The molecule has 1 aromatic rings. The molecule has 2 N–H and O–H groups in total. The van der Waals surface area contributed by atoms with Crippen LogP contribution in [-0.2, 0) is 0 Å². The lowest BCUT2D eigenvalue weighted by atomic mass is 10.2. The number of hydrogen-bond acceptors (Lipinski definition) is 5. The smallest absolute Gasteiger partial charge is 0.134 e. The maximum atomic E-state index is 5.74. The number of aryl methyl sites for hydroxylation is 1. The Morgan fingerprint density at radius 2 is 2.12 bits per heavy atom. The molecule has 0 radical (unpaired) electrons. The first-order chi connectivity index (χ1) is 7.56. The third-order valence-corrected chi connectivity index (χ3v) is 3.13. The lowest BCUT2D eigenvalue weighted by molar-refractivity contribution is 0.233. The number of nitrogens with zero attached hydrogens (tertiary/aromatic N) is 4. The van der Waals surface area contributed by atoms with Gasteiger partial charge in [0.2, 0.25) is 0 Å². The fourth-order valence-electron chi connectivity index (χ4n) is 1.99. The summed E-state index contributed by atoms with van der Waals surface area (Å²) in [6.07, 6.45) is 0. The molecule has 1 saturated heterocycles. The molecule has 16 heavy (non-hydrogen) atoms. The van der Waals surface area contributed by atoms with Gasteiger partial charge >= 0.3 is 0 Å². The summed E-state index contributed by atoms with van der Waals surface area (Å²) in [4.78, 5) is 13.2. The van der Waals surface area contributed by atoms with Crippen LogP contribution in [0.3, 0.4) is 0 Å². The van der Waals surface area contributed by atoms with Crippen molar-refractivity contribution in [3.8, 4) is 0 Å². The number of nitrogen functional groups attached to an aromatic ring is 1. The highest BCUT2D eigenvalue weighted by atomic mass is 15.3. The standard InChI is InChI=1S/C11H19N5/c1-8-7-16(5-4-15(8)3)11-6-10(12)13-9(2)14-11/h6,8H,4-5,7H2,1-3H3,(H2,12,13,14). The highest BCUT2D eigenvalue weighted by molar-refractivity contribution is 5.47. The van der Waals surface area contributed by atoms with Gasteiger partial charge in [-0.1, -0.05) is 0 Å². The van der Waals surface area contributed by atoms with Crippen LogP contribution in [0.15, 0.2) is 6.07 Å². The SMILES string of the molecule is Cc1nc(N)cc(N2CCN(C)C(C)C2)n1. The molecular formula is C11H19N5. The average molecular weight is 221 g/mol. The molecule has 0 spiro atoms. The van der Waals surface area contributed by atoms with Crippen LogP contribution < -0.4 is 10.6 Å². The molecule has 1 unspecified atom stereocenters. The van der Waals surface area contributed by atoms with Crippen molar-refractivity contribution >= 4 is 11.6 Å². The average Bonchev–Trinajstić information content (AvgIpc) is 2.20. The second-order valence-electron chi connectivity index (χ2n) is 4.47. The minimum absolute atomic E-state index is 0.547. The molecule has 0 aromatic carbocycles. The number of aromatic nitrogens is 2. The molecule has 0 bridgehead atoms. The Bertz CT molecular complexity index is 358. The first-order valence-electron chi connectivity index (χ1n) is 5.62. The van der Waals surface area contributed by atoms with Crippen LogP contribution >= 0.6 is 0 Å². The number of rotatable bonds is 1. The molecule has 0 aliphatic carbocycles. The van der Waals surface area contributed by atoms with Crippen molar-refractivity contribution in [2.45, 2.75) is 19.9 Å². The monoisotopic (exact) mass is 221 g/mol. The van der Waals surface area contributed by atoms with Gasteiger partial charge in [-0.2, -0.15) is 0 Å². The van der Waals surface area contributed by atoms with Gasteiger partial charge in [-0.25, -0.2) is 9.97 Å². The van der Waals surface area contributed by atoms with E-state index in [1.165, 1.54) is 0 Å². The van der Waals surface area contributed by atoms with Crippen LogP contribution in [0.1, 0.15) is 12.7 Å². The van der Waals surface area contributed by atoms with E-state index in [-0.39, 0.29) is 0 Å². The third-order valence-electron chi connectivity index (χ3n) is 3.13. The highest BCUT2D eigenvalue weighted by Gasteiger charge is 2.21. The van der Waals surface area contributed by atoms with E-state index in [9.17, 15) is 0 Å². The van der Waals surface area contributed by atoms with Crippen LogP contribution in [0, 0.1) is 6.92 Å². The second kappa shape index (κ2) is 4.25. The summed E-state index contributed by atoms with van der Waals surface area (Å²) in [5.41, 5.74) is 5.74. The van der Waals surface area contributed by atoms with Gasteiger partial charge in [0.05, 0.1) is 0 Å². The Morgan fingerprint density at radius 3 is 2.75 bits per heavy atom. The van der Waals surface area contributed by atoms with E-state index < -0.39 is 0 Å². The van der Waals surface area contributed by atoms with Crippen molar-refractivity contribution in [2.24, 2.45) is 0 Å². The van der Waals surface area contributed by atoms with E-state index in [0.717, 1.165) is 31.3 Å². The summed E-state index contributed by atoms with van der Waals surface area (Å²) >= 11 is 0. The van der Waals surface area contributed by atoms with Crippen LogP contribution in [0.4, 0.5) is 11.6 Å². The Morgan fingerprint density at radius 1 is 1.38 bits per heavy atom.